The van der Waals surface area contributed by atoms with Gasteiger partial charge in [0.15, 0.2) is 16.6 Å². The van der Waals surface area contributed by atoms with E-state index in [0.717, 1.165) is 108 Å². The first-order valence-corrected chi connectivity index (χ1v) is 41.7. The Hall–Kier alpha value is -11.2. The molecule has 10 N–H and O–H groups in total. The zero-order valence-corrected chi connectivity index (χ0v) is 60.2. The minimum atomic E-state index is -5.44. The molecule has 0 spiro atoms. The van der Waals surface area contributed by atoms with Gasteiger partial charge in [-0.15, -0.1) is 20.5 Å². The first-order chi connectivity index (χ1) is 49.6. The Morgan fingerprint density at radius 1 is 0.377 bits per heavy atom. The van der Waals surface area contributed by atoms with E-state index in [-0.39, 0.29) is 72.0 Å². The van der Waals surface area contributed by atoms with E-state index in [2.05, 4.69) is 46.9 Å². The van der Waals surface area contributed by atoms with Crippen molar-refractivity contribution in [1.82, 2.24) is 4.98 Å². The second kappa shape index (κ2) is 27.4. The first kappa shape index (κ1) is 74.5. The van der Waals surface area contributed by atoms with Crippen molar-refractivity contribution < 1.29 is 94.7 Å². The van der Waals surface area contributed by atoms with Crippen LogP contribution in [-0.4, -0.2) is 99.6 Å². The monoisotopic (exact) mass is 1610 g/mol. The summed E-state index contributed by atoms with van der Waals surface area (Å²) in [5.41, 5.74) is -1.45. The Labute approximate surface area is 605 Å². The van der Waals surface area contributed by atoms with Crippen LogP contribution in [0.2, 0.25) is 0 Å². The molecule has 0 aliphatic rings. The maximum Gasteiger partial charge on any atom is 0.295 e. The summed E-state index contributed by atoms with van der Waals surface area (Å²) in [6, 6.07) is 39.0. The average Bonchev–Trinajstić information content (AvgIpc) is 0.879. The minimum absolute atomic E-state index is 0.0722. The number of nitrogens with zero attached hydrogens (tertiary/aromatic N) is 7. The Morgan fingerprint density at radius 3 is 1.38 bits per heavy atom. The molecule has 2 aromatic heterocycles. The number of sulfonamides is 2. The zero-order valence-electron chi connectivity index (χ0n) is 52.8. The van der Waals surface area contributed by atoms with Crippen LogP contribution >= 0.6 is 11.3 Å². The Bertz CT molecular complexity index is 6960. The minimum Gasteiger partial charge on any atom is -0.339 e. The third-order valence-electron chi connectivity index (χ3n) is 15.8. The maximum absolute atomic E-state index is 15.2. The van der Waals surface area contributed by atoms with Gasteiger partial charge in [-0.1, -0.05) is 78.1 Å². The third kappa shape index (κ3) is 15.3. The number of azo groups is 2. The van der Waals surface area contributed by atoms with Gasteiger partial charge in [0.2, 0.25) is 0 Å². The van der Waals surface area contributed by atoms with Crippen LogP contribution in [0.5, 0.6) is 0 Å². The summed E-state index contributed by atoms with van der Waals surface area (Å²) in [4.78, 5) is -2.35. The van der Waals surface area contributed by atoms with Gasteiger partial charge in [0.1, 0.15) is 48.0 Å². The van der Waals surface area contributed by atoms with E-state index in [1.165, 1.54) is 37.3 Å². The van der Waals surface area contributed by atoms with Crippen molar-refractivity contribution in [3.63, 3.8) is 0 Å². The van der Waals surface area contributed by atoms with Gasteiger partial charge in [-0.3, -0.25) is 36.8 Å². The number of thiophene rings is 1. The predicted molar refractivity (Wildman–Crippen MR) is 386 cm³/mol. The molecule has 12 aromatic rings. The fourth-order valence-corrected chi connectivity index (χ4v) is 18.3. The second-order valence-electron chi connectivity index (χ2n) is 22.6. The lowest BCUT2D eigenvalue weighted by Gasteiger charge is -2.16. The van der Waals surface area contributed by atoms with E-state index in [1.807, 2.05) is 16.9 Å². The number of fused-ring (bicyclic) bond motifs is 4. The number of nitriles is 2. The van der Waals surface area contributed by atoms with E-state index in [9.17, 15) is 96.8 Å². The van der Waals surface area contributed by atoms with Crippen molar-refractivity contribution >= 4 is 191 Å². The molecule has 0 bridgehead atoms. The van der Waals surface area contributed by atoms with Crippen molar-refractivity contribution in [3.05, 3.63) is 199 Å². The van der Waals surface area contributed by atoms with E-state index < -0.39 is 158 Å². The standard InChI is InChI=1S/C64H43N11O22S9/c1-34-52(32-65)61(67-39-16-20-44(21-17-39)101(80,81)82)69-62(68-40-18-22-45(23-19-40)102(83,84)85)60(34)71-72-63-53(33-66)59(38-13-12-35-6-2-3-7-36(35)24-38)64(98-63)73-70-41-15-14-37-25-46(99(76,77)74-42-27-50-47(57(29-42)105(92,93)94)8-4-10-54(50)103(86,87)88)31-56(49(37)26-41)100(78,79)75-43-28-51-48(58(30-43)106(95,96)97)9-5-11-55(51)104(89,90)91/h2-31,74-75H,1H3,(H2,67,68,69)(H,80,81,82)(H,83,84,85)(H,86,87,88)(H,89,90,91)(H,92,93,94)(H,95,96,97). The molecule has 2 heterocycles. The van der Waals surface area contributed by atoms with Crippen molar-refractivity contribution in [3.8, 4) is 23.3 Å². The summed E-state index contributed by atoms with van der Waals surface area (Å²) in [6.45, 7) is 1.45. The molecule has 0 unspecified atom stereocenters. The number of benzene rings is 10. The first-order valence-electron chi connectivity index (χ1n) is 29.3. The highest BCUT2D eigenvalue weighted by Crippen LogP contribution is 2.50. The number of anilines is 6. The SMILES string of the molecule is Cc1c(C#N)c(Nc2ccc(S(=O)(=O)O)cc2)nc(Nc2ccc(S(=O)(=O)O)cc2)c1N=Nc1sc(N=Nc2ccc3cc(S(=O)(=O)Nc4cc(S(=O)(=O)O)c5cccc(S(=O)(=O)O)c5c4)cc(S(=O)(=O)Nc4cc(S(=O)(=O)O)c5cccc(S(=O)(=O)O)c5c4)c3c2)c(-c2ccc3ccccc3c2)c1C#N. The van der Waals surface area contributed by atoms with Crippen LogP contribution in [0.15, 0.2) is 242 Å². The topological polar surface area (TPSA) is 553 Å². The van der Waals surface area contributed by atoms with Crippen LogP contribution in [0.3, 0.4) is 0 Å². The summed E-state index contributed by atoms with van der Waals surface area (Å²) in [5, 5.41) is 43.8. The van der Waals surface area contributed by atoms with Gasteiger partial charge < -0.3 is 10.6 Å². The van der Waals surface area contributed by atoms with Crippen LogP contribution in [0.1, 0.15) is 16.7 Å². The van der Waals surface area contributed by atoms with Crippen molar-refractivity contribution in [2.75, 3.05) is 20.1 Å². The molecular weight excluding hydrogens is 1560 g/mol. The highest BCUT2D eigenvalue weighted by Gasteiger charge is 2.30. The van der Waals surface area contributed by atoms with Crippen molar-refractivity contribution in [1.29, 1.82) is 10.5 Å². The van der Waals surface area contributed by atoms with Gasteiger partial charge in [-0.05, 0) is 144 Å². The molecule has 12 rings (SSSR count). The Balaban J connectivity index is 1.02. The molecule has 0 radical (unpaired) electrons. The van der Waals surface area contributed by atoms with Gasteiger partial charge in [-0.25, -0.2) is 21.8 Å². The molecule has 10 aromatic carbocycles. The van der Waals surface area contributed by atoms with Gasteiger partial charge in [-0.2, -0.15) is 61.0 Å². The number of hydrogen-bond acceptors (Lipinski definition) is 26. The fraction of sp³-hybridized carbons (Fsp3) is 0.0156. The third-order valence-corrected chi connectivity index (χ3v) is 24.9. The molecule has 42 heteroatoms. The van der Waals surface area contributed by atoms with Crippen LogP contribution in [0.4, 0.5) is 55.8 Å². The van der Waals surface area contributed by atoms with Crippen LogP contribution in [0, 0.1) is 29.6 Å². The highest BCUT2D eigenvalue weighted by molar-refractivity contribution is 7.94. The number of nitrogens with one attached hydrogen (secondary N) is 4. The summed E-state index contributed by atoms with van der Waals surface area (Å²) < 4.78 is 273. The van der Waals surface area contributed by atoms with Crippen LogP contribution < -0.4 is 20.1 Å². The summed E-state index contributed by atoms with van der Waals surface area (Å²) in [6.07, 6.45) is 0. The van der Waals surface area contributed by atoms with E-state index in [4.69, 9.17) is 0 Å². The molecule has 540 valence electrons. The fourth-order valence-electron chi connectivity index (χ4n) is 11.1. The van der Waals surface area contributed by atoms with Gasteiger partial charge >= 0.3 is 0 Å². The molecule has 0 aliphatic carbocycles. The Morgan fingerprint density at radius 2 is 0.868 bits per heavy atom. The van der Waals surface area contributed by atoms with Crippen molar-refractivity contribution in [2.45, 2.75) is 46.1 Å². The van der Waals surface area contributed by atoms with Crippen LogP contribution in [0.25, 0.3) is 54.2 Å². The van der Waals surface area contributed by atoms with E-state index in [0.29, 0.717) is 29.1 Å². The largest absolute Gasteiger partial charge is 0.339 e. The van der Waals surface area contributed by atoms with Gasteiger partial charge in [0, 0.05) is 49.4 Å². The molecule has 0 atom stereocenters. The number of rotatable bonds is 21. The molecule has 0 amide bonds. The molecule has 0 saturated carbocycles. The average molecular weight is 1610 g/mol. The maximum atomic E-state index is 15.2. The highest BCUT2D eigenvalue weighted by atomic mass is 32.2. The predicted octanol–water partition coefficient (Wildman–Crippen LogP) is 12.9. The zero-order chi connectivity index (χ0) is 76.6. The summed E-state index contributed by atoms with van der Waals surface area (Å²) >= 11 is 0.729. The molecule has 0 aliphatic heterocycles. The van der Waals surface area contributed by atoms with Crippen LogP contribution in [-0.2, 0) is 80.8 Å². The lowest BCUT2D eigenvalue weighted by atomic mass is 10.00. The summed E-state index contributed by atoms with van der Waals surface area (Å²) in [7, 11) is -41.2. The molecular formula is C64H43N11O22S9. The lowest BCUT2D eigenvalue weighted by molar-refractivity contribution is 0.481. The number of hydrogen-bond donors (Lipinski definition) is 10. The van der Waals surface area contributed by atoms with E-state index >= 15 is 8.42 Å². The van der Waals surface area contributed by atoms with Crippen molar-refractivity contribution in [2.24, 2.45) is 20.5 Å². The van der Waals surface area contributed by atoms with E-state index in [1.54, 1.807) is 36.4 Å². The molecule has 33 nitrogen and oxygen atoms in total. The second-order valence-corrected chi connectivity index (χ2v) is 35.4. The van der Waals surface area contributed by atoms with Gasteiger partial charge in [0.05, 0.1) is 42.2 Å². The lowest BCUT2D eigenvalue weighted by Crippen LogP contribution is -2.17. The number of aromatic nitrogens is 1. The van der Waals surface area contributed by atoms with Gasteiger partial charge in [0.25, 0.3) is 80.8 Å². The summed E-state index contributed by atoms with van der Waals surface area (Å²) in [5.74, 6) is -0.311. The number of pyridine rings is 1. The molecule has 0 saturated heterocycles. The quantitative estimate of drug-likeness (QED) is 0.0236. The Kier molecular flexibility index (Phi) is 19.3. The molecule has 0 fully saturated rings. The molecule has 106 heavy (non-hydrogen) atoms. The smallest absolute Gasteiger partial charge is 0.295 e. The normalized spacial score (nSPS) is 12.8.